The van der Waals surface area contributed by atoms with Crippen LogP contribution in [0.1, 0.15) is 53.4 Å². The van der Waals surface area contributed by atoms with Crippen molar-refractivity contribution in [1.82, 2.24) is 9.80 Å². The van der Waals surface area contributed by atoms with Crippen molar-refractivity contribution in [3.05, 3.63) is 0 Å². The minimum absolute atomic E-state index is 0.00135. The standard InChI is InChI=1S/C16H29N3O3/c1-11(17)14(20)19(12-7-8-12)13-6-5-9-18(10-13)15(21)22-16(2,3)4/h11-13H,5-10,17H2,1-4H3. The first-order valence-electron chi connectivity index (χ1n) is 8.24. The molecule has 1 aliphatic heterocycles. The summed E-state index contributed by atoms with van der Waals surface area (Å²) >= 11 is 0. The van der Waals surface area contributed by atoms with E-state index in [0.717, 1.165) is 25.7 Å². The fraction of sp³-hybridized carbons (Fsp3) is 0.875. The van der Waals surface area contributed by atoms with Crippen LogP contribution in [0.5, 0.6) is 0 Å². The second-order valence-electron chi connectivity index (χ2n) is 7.49. The third-order valence-electron chi connectivity index (χ3n) is 4.03. The van der Waals surface area contributed by atoms with Crippen LogP contribution in [0.2, 0.25) is 0 Å². The molecule has 2 aliphatic rings. The van der Waals surface area contributed by atoms with E-state index >= 15 is 0 Å². The summed E-state index contributed by atoms with van der Waals surface area (Å²) in [5.74, 6) is -0.00135. The van der Waals surface area contributed by atoms with Gasteiger partial charge >= 0.3 is 6.09 Å². The maximum atomic E-state index is 12.4. The molecule has 126 valence electrons. The number of nitrogens with two attached hydrogens (primary N) is 1. The lowest BCUT2D eigenvalue weighted by molar-refractivity contribution is -0.136. The molecule has 0 spiro atoms. The minimum Gasteiger partial charge on any atom is -0.444 e. The average molecular weight is 311 g/mol. The lowest BCUT2D eigenvalue weighted by Crippen LogP contribution is -2.56. The van der Waals surface area contributed by atoms with Gasteiger partial charge in [-0.2, -0.15) is 0 Å². The highest BCUT2D eigenvalue weighted by Crippen LogP contribution is 2.32. The highest BCUT2D eigenvalue weighted by Gasteiger charge is 2.40. The van der Waals surface area contributed by atoms with Crippen molar-refractivity contribution in [2.45, 2.75) is 77.1 Å². The smallest absolute Gasteiger partial charge is 0.410 e. The number of piperidine rings is 1. The molecular formula is C16H29N3O3. The number of hydrogen-bond donors (Lipinski definition) is 1. The zero-order valence-corrected chi connectivity index (χ0v) is 14.2. The lowest BCUT2D eigenvalue weighted by Gasteiger charge is -2.40. The number of nitrogens with zero attached hydrogens (tertiary/aromatic N) is 2. The van der Waals surface area contributed by atoms with Crippen LogP contribution >= 0.6 is 0 Å². The molecule has 2 unspecified atom stereocenters. The van der Waals surface area contributed by atoms with E-state index in [1.807, 2.05) is 25.7 Å². The van der Waals surface area contributed by atoms with E-state index in [1.54, 1.807) is 11.8 Å². The van der Waals surface area contributed by atoms with E-state index < -0.39 is 11.6 Å². The molecule has 2 atom stereocenters. The van der Waals surface area contributed by atoms with Crippen molar-refractivity contribution in [3.63, 3.8) is 0 Å². The Balaban J connectivity index is 2.02. The van der Waals surface area contributed by atoms with Crippen molar-refractivity contribution in [2.75, 3.05) is 13.1 Å². The SMILES string of the molecule is CC(N)C(=O)N(C1CC1)C1CCCN(C(=O)OC(C)(C)C)C1. The monoisotopic (exact) mass is 311 g/mol. The zero-order chi connectivity index (χ0) is 16.5. The predicted octanol–water partition coefficient (Wildman–Crippen LogP) is 1.72. The Morgan fingerprint density at radius 2 is 1.86 bits per heavy atom. The van der Waals surface area contributed by atoms with Gasteiger partial charge in [0.2, 0.25) is 5.91 Å². The van der Waals surface area contributed by atoms with Crippen LogP contribution in [0.25, 0.3) is 0 Å². The normalized spacial score (nSPS) is 23.9. The Bertz CT molecular complexity index is 427. The topological polar surface area (TPSA) is 75.9 Å². The number of ether oxygens (including phenoxy) is 1. The molecule has 0 aromatic carbocycles. The van der Waals surface area contributed by atoms with Gasteiger partial charge < -0.3 is 20.3 Å². The molecule has 2 rings (SSSR count). The van der Waals surface area contributed by atoms with Gasteiger partial charge in [-0.1, -0.05) is 0 Å². The first-order chi connectivity index (χ1) is 10.2. The van der Waals surface area contributed by atoms with E-state index in [-0.39, 0.29) is 18.0 Å². The highest BCUT2D eigenvalue weighted by atomic mass is 16.6. The van der Waals surface area contributed by atoms with Crippen LogP contribution in [0.3, 0.4) is 0 Å². The van der Waals surface area contributed by atoms with E-state index in [9.17, 15) is 9.59 Å². The third-order valence-corrected chi connectivity index (χ3v) is 4.03. The molecule has 0 aromatic rings. The van der Waals surface area contributed by atoms with Gasteiger partial charge in [0, 0.05) is 25.2 Å². The largest absolute Gasteiger partial charge is 0.444 e. The molecule has 1 aliphatic carbocycles. The first-order valence-corrected chi connectivity index (χ1v) is 8.24. The number of likely N-dealkylation sites (tertiary alicyclic amines) is 1. The summed E-state index contributed by atoms with van der Waals surface area (Å²) in [6, 6.07) is -0.119. The molecule has 0 radical (unpaired) electrons. The van der Waals surface area contributed by atoms with Crippen LogP contribution in [0.4, 0.5) is 4.79 Å². The molecule has 2 fully saturated rings. The second-order valence-corrected chi connectivity index (χ2v) is 7.49. The van der Waals surface area contributed by atoms with Crippen molar-refractivity contribution >= 4 is 12.0 Å². The summed E-state index contributed by atoms with van der Waals surface area (Å²) in [6.07, 6.45) is 3.61. The average Bonchev–Trinajstić information content (AvgIpc) is 3.22. The lowest BCUT2D eigenvalue weighted by atomic mass is 10.0. The van der Waals surface area contributed by atoms with Crippen LogP contribution in [0.15, 0.2) is 0 Å². The van der Waals surface area contributed by atoms with Crippen molar-refractivity contribution in [2.24, 2.45) is 5.73 Å². The van der Waals surface area contributed by atoms with Crippen molar-refractivity contribution in [1.29, 1.82) is 0 Å². The number of carbonyl (C=O) groups excluding carboxylic acids is 2. The Kier molecular flexibility index (Phi) is 5.00. The Hall–Kier alpha value is -1.30. The van der Waals surface area contributed by atoms with Gasteiger partial charge in [0.1, 0.15) is 5.60 Å². The summed E-state index contributed by atoms with van der Waals surface area (Å²) in [6.45, 7) is 8.56. The summed E-state index contributed by atoms with van der Waals surface area (Å²) in [7, 11) is 0. The maximum absolute atomic E-state index is 12.4. The fourth-order valence-electron chi connectivity index (χ4n) is 2.92. The molecule has 2 N–H and O–H groups in total. The molecule has 1 heterocycles. The Labute approximate surface area is 132 Å². The third kappa shape index (κ3) is 4.35. The van der Waals surface area contributed by atoms with Crippen LogP contribution < -0.4 is 5.73 Å². The van der Waals surface area contributed by atoms with Gasteiger partial charge in [0.05, 0.1) is 6.04 Å². The summed E-state index contributed by atoms with van der Waals surface area (Å²) in [5.41, 5.74) is 5.29. The molecule has 6 heteroatoms. The molecular weight excluding hydrogens is 282 g/mol. The molecule has 2 amide bonds. The Morgan fingerprint density at radius 3 is 2.36 bits per heavy atom. The van der Waals surface area contributed by atoms with E-state index in [0.29, 0.717) is 19.1 Å². The first kappa shape index (κ1) is 17.1. The number of carbonyl (C=O) groups is 2. The predicted molar refractivity (Wildman–Crippen MR) is 84.3 cm³/mol. The highest BCUT2D eigenvalue weighted by molar-refractivity contribution is 5.82. The second kappa shape index (κ2) is 6.44. The van der Waals surface area contributed by atoms with Crippen LogP contribution in [0, 0.1) is 0 Å². The summed E-state index contributed by atoms with van der Waals surface area (Å²) in [5, 5.41) is 0. The summed E-state index contributed by atoms with van der Waals surface area (Å²) in [4.78, 5) is 28.3. The molecule has 0 aromatic heterocycles. The van der Waals surface area contributed by atoms with E-state index in [2.05, 4.69) is 0 Å². The van der Waals surface area contributed by atoms with Gasteiger partial charge in [0.25, 0.3) is 0 Å². The molecule has 6 nitrogen and oxygen atoms in total. The van der Waals surface area contributed by atoms with Crippen molar-refractivity contribution < 1.29 is 14.3 Å². The van der Waals surface area contributed by atoms with Gasteiger partial charge in [-0.3, -0.25) is 4.79 Å². The Morgan fingerprint density at radius 1 is 1.23 bits per heavy atom. The number of hydrogen-bond acceptors (Lipinski definition) is 4. The van der Waals surface area contributed by atoms with Gasteiger partial charge in [0.15, 0.2) is 0 Å². The van der Waals surface area contributed by atoms with Crippen LogP contribution in [-0.4, -0.2) is 58.6 Å². The van der Waals surface area contributed by atoms with Crippen LogP contribution in [-0.2, 0) is 9.53 Å². The quantitative estimate of drug-likeness (QED) is 0.861. The van der Waals surface area contributed by atoms with Crippen molar-refractivity contribution in [3.8, 4) is 0 Å². The number of amides is 2. The van der Waals surface area contributed by atoms with Gasteiger partial charge in [-0.15, -0.1) is 0 Å². The number of rotatable bonds is 3. The molecule has 0 bridgehead atoms. The summed E-state index contributed by atoms with van der Waals surface area (Å²) < 4.78 is 5.45. The van der Waals surface area contributed by atoms with Gasteiger partial charge in [-0.25, -0.2) is 4.79 Å². The van der Waals surface area contributed by atoms with Gasteiger partial charge in [-0.05, 0) is 53.4 Å². The maximum Gasteiger partial charge on any atom is 0.410 e. The minimum atomic E-state index is -0.498. The van der Waals surface area contributed by atoms with E-state index in [4.69, 9.17) is 10.5 Å². The molecule has 1 saturated carbocycles. The molecule has 22 heavy (non-hydrogen) atoms. The zero-order valence-electron chi connectivity index (χ0n) is 14.2. The van der Waals surface area contributed by atoms with E-state index in [1.165, 1.54) is 0 Å². The molecule has 1 saturated heterocycles. The fourth-order valence-corrected chi connectivity index (χ4v) is 2.92.